The van der Waals surface area contributed by atoms with Crippen LogP contribution in [0.5, 0.6) is 0 Å². The van der Waals surface area contributed by atoms with E-state index in [9.17, 15) is 4.79 Å². The van der Waals surface area contributed by atoms with E-state index in [1.165, 1.54) is 0 Å². The van der Waals surface area contributed by atoms with E-state index in [0.717, 1.165) is 6.42 Å². The zero-order valence-corrected chi connectivity index (χ0v) is 9.04. The van der Waals surface area contributed by atoms with Gasteiger partial charge in [0, 0.05) is 0 Å². The SMILES string of the molecule is CC(C)CC(N)C(=O)COC(C)C. The minimum Gasteiger partial charge on any atom is -0.371 e. The van der Waals surface area contributed by atoms with Crippen molar-refractivity contribution >= 4 is 5.78 Å². The molecule has 0 saturated carbocycles. The average molecular weight is 187 g/mol. The van der Waals surface area contributed by atoms with Gasteiger partial charge in [-0.2, -0.15) is 0 Å². The number of ether oxygens (including phenoxy) is 1. The van der Waals surface area contributed by atoms with Crippen molar-refractivity contribution in [3.63, 3.8) is 0 Å². The van der Waals surface area contributed by atoms with E-state index in [-0.39, 0.29) is 24.5 Å². The smallest absolute Gasteiger partial charge is 0.175 e. The van der Waals surface area contributed by atoms with Crippen molar-refractivity contribution in [2.45, 2.75) is 46.3 Å². The third kappa shape index (κ3) is 6.72. The van der Waals surface area contributed by atoms with Gasteiger partial charge in [0.1, 0.15) is 6.61 Å². The lowest BCUT2D eigenvalue weighted by molar-refractivity contribution is -0.126. The average Bonchev–Trinajstić information content (AvgIpc) is 1.98. The summed E-state index contributed by atoms with van der Waals surface area (Å²) < 4.78 is 5.18. The molecule has 78 valence electrons. The van der Waals surface area contributed by atoms with E-state index < -0.39 is 0 Å². The lowest BCUT2D eigenvalue weighted by Crippen LogP contribution is -2.35. The number of Topliss-reactive ketones (excluding diaryl/α,β-unsaturated/α-hetero) is 1. The lowest BCUT2D eigenvalue weighted by atomic mass is 10.0. The molecular weight excluding hydrogens is 166 g/mol. The molecule has 0 saturated heterocycles. The van der Waals surface area contributed by atoms with Crippen LogP contribution in [0.2, 0.25) is 0 Å². The van der Waals surface area contributed by atoms with Crippen molar-refractivity contribution in [2.24, 2.45) is 11.7 Å². The molecule has 0 bridgehead atoms. The highest BCUT2D eigenvalue weighted by molar-refractivity contribution is 5.84. The van der Waals surface area contributed by atoms with Crippen LogP contribution in [0, 0.1) is 5.92 Å². The van der Waals surface area contributed by atoms with Crippen LogP contribution in [-0.2, 0) is 9.53 Å². The molecule has 0 spiro atoms. The van der Waals surface area contributed by atoms with Gasteiger partial charge in [0.2, 0.25) is 0 Å². The number of nitrogens with two attached hydrogens (primary N) is 1. The summed E-state index contributed by atoms with van der Waals surface area (Å²) in [7, 11) is 0. The molecule has 3 nitrogen and oxygen atoms in total. The van der Waals surface area contributed by atoms with Gasteiger partial charge in [0.25, 0.3) is 0 Å². The van der Waals surface area contributed by atoms with Gasteiger partial charge in [-0.05, 0) is 26.2 Å². The quantitative estimate of drug-likeness (QED) is 0.683. The van der Waals surface area contributed by atoms with E-state index >= 15 is 0 Å². The third-order valence-electron chi connectivity index (χ3n) is 1.70. The summed E-state index contributed by atoms with van der Waals surface area (Å²) in [5.74, 6) is 0.459. The minimum absolute atomic E-state index is 0.00222. The van der Waals surface area contributed by atoms with Gasteiger partial charge >= 0.3 is 0 Å². The highest BCUT2D eigenvalue weighted by Gasteiger charge is 2.15. The Hall–Kier alpha value is -0.410. The molecular formula is C10H21NO2. The van der Waals surface area contributed by atoms with Crippen LogP contribution in [0.25, 0.3) is 0 Å². The van der Waals surface area contributed by atoms with E-state index in [1.807, 2.05) is 13.8 Å². The maximum atomic E-state index is 11.3. The molecule has 1 atom stereocenters. The molecule has 13 heavy (non-hydrogen) atoms. The van der Waals surface area contributed by atoms with E-state index in [1.54, 1.807) is 0 Å². The second kappa shape index (κ2) is 6.11. The predicted molar refractivity (Wildman–Crippen MR) is 53.5 cm³/mol. The molecule has 0 aliphatic carbocycles. The summed E-state index contributed by atoms with van der Waals surface area (Å²) in [6.45, 7) is 8.06. The number of hydrogen-bond donors (Lipinski definition) is 1. The van der Waals surface area contributed by atoms with Crippen molar-refractivity contribution in [2.75, 3.05) is 6.61 Å². The molecule has 0 aromatic carbocycles. The van der Waals surface area contributed by atoms with Crippen LogP contribution in [0.4, 0.5) is 0 Å². The van der Waals surface area contributed by atoms with Crippen LogP contribution in [-0.4, -0.2) is 24.5 Å². The summed E-state index contributed by atoms with van der Waals surface area (Å²) in [6, 6.07) is -0.362. The molecule has 3 heteroatoms. The van der Waals surface area contributed by atoms with Gasteiger partial charge in [-0.25, -0.2) is 0 Å². The largest absolute Gasteiger partial charge is 0.371 e. The van der Waals surface area contributed by atoms with Crippen LogP contribution in [0.15, 0.2) is 0 Å². The van der Waals surface area contributed by atoms with Gasteiger partial charge in [0.05, 0.1) is 12.1 Å². The summed E-state index contributed by atoms with van der Waals surface area (Å²) in [5.41, 5.74) is 5.67. The summed E-state index contributed by atoms with van der Waals surface area (Å²) in [4.78, 5) is 11.3. The fraction of sp³-hybridized carbons (Fsp3) is 0.900. The summed E-state index contributed by atoms with van der Waals surface area (Å²) in [6.07, 6.45) is 0.829. The zero-order valence-electron chi connectivity index (χ0n) is 9.04. The Kier molecular flexibility index (Phi) is 5.91. The van der Waals surface area contributed by atoms with Crippen LogP contribution < -0.4 is 5.73 Å². The number of rotatable bonds is 6. The second-order valence-electron chi connectivity index (χ2n) is 4.06. The zero-order chi connectivity index (χ0) is 10.4. The van der Waals surface area contributed by atoms with Crippen molar-refractivity contribution in [1.29, 1.82) is 0 Å². The van der Waals surface area contributed by atoms with E-state index in [4.69, 9.17) is 10.5 Å². The van der Waals surface area contributed by atoms with Gasteiger partial charge in [-0.15, -0.1) is 0 Å². The molecule has 0 fully saturated rings. The fourth-order valence-corrected chi connectivity index (χ4v) is 0.995. The highest BCUT2D eigenvalue weighted by Crippen LogP contribution is 2.03. The van der Waals surface area contributed by atoms with Gasteiger partial charge < -0.3 is 10.5 Å². The monoisotopic (exact) mass is 187 g/mol. The third-order valence-corrected chi connectivity index (χ3v) is 1.70. The molecule has 0 radical (unpaired) electrons. The minimum atomic E-state index is -0.362. The summed E-state index contributed by atoms with van der Waals surface area (Å²) >= 11 is 0. The number of carbonyl (C=O) groups is 1. The Labute approximate surface area is 80.6 Å². The Morgan fingerprint density at radius 2 is 1.85 bits per heavy atom. The van der Waals surface area contributed by atoms with Crippen LogP contribution in [0.1, 0.15) is 34.1 Å². The van der Waals surface area contributed by atoms with Crippen molar-refractivity contribution in [3.05, 3.63) is 0 Å². The highest BCUT2D eigenvalue weighted by atomic mass is 16.5. The molecule has 2 N–H and O–H groups in total. The molecule has 0 aromatic rings. The standard InChI is InChI=1S/C10H21NO2/c1-7(2)5-9(11)10(12)6-13-8(3)4/h7-9H,5-6,11H2,1-4H3. The van der Waals surface area contributed by atoms with Gasteiger partial charge in [-0.1, -0.05) is 13.8 Å². The van der Waals surface area contributed by atoms with Crippen molar-refractivity contribution in [1.82, 2.24) is 0 Å². The molecule has 0 aliphatic heterocycles. The first kappa shape index (κ1) is 12.6. The summed E-state index contributed by atoms with van der Waals surface area (Å²) in [5, 5.41) is 0. The first-order valence-electron chi connectivity index (χ1n) is 4.83. The molecule has 0 aromatic heterocycles. The molecule has 0 rings (SSSR count). The Bertz CT molecular complexity index is 155. The Morgan fingerprint density at radius 3 is 2.23 bits per heavy atom. The number of ketones is 1. The van der Waals surface area contributed by atoms with Crippen molar-refractivity contribution in [3.8, 4) is 0 Å². The molecule has 0 heterocycles. The molecule has 1 unspecified atom stereocenters. The van der Waals surface area contributed by atoms with E-state index in [2.05, 4.69) is 13.8 Å². The predicted octanol–water partition coefficient (Wildman–Crippen LogP) is 1.35. The Morgan fingerprint density at radius 1 is 1.31 bits per heavy atom. The molecule has 0 amide bonds. The van der Waals surface area contributed by atoms with E-state index in [0.29, 0.717) is 5.92 Å². The normalized spacial score (nSPS) is 13.8. The first-order chi connectivity index (χ1) is 5.93. The van der Waals surface area contributed by atoms with Crippen LogP contribution >= 0.6 is 0 Å². The van der Waals surface area contributed by atoms with Crippen LogP contribution in [0.3, 0.4) is 0 Å². The topological polar surface area (TPSA) is 52.3 Å². The Balaban J connectivity index is 3.69. The fourth-order valence-electron chi connectivity index (χ4n) is 0.995. The maximum absolute atomic E-state index is 11.3. The van der Waals surface area contributed by atoms with Crippen molar-refractivity contribution < 1.29 is 9.53 Å². The molecule has 0 aliphatic rings. The van der Waals surface area contributed by atoms with Gasteiger partial charge in [-0.3, -0.25) is 4.79 Å². The first-order valence-corrected chi connectivity index (χ1v) is 4.83. The number of hydrogen-bond acceptors (Lipinski definition) is 3. The van der Waals surface area contributed by atoms with Gasteiger partial charge in [0.15, 0.2) is 5.78 Å². The maximum Gasteiger partial charge on any atom is 0.175 e. The second-order valence-corrected chi connectivity index (χ2v) is 4.06. The number of carbonyl (C=O) groups excluding carboxylic acids is 1. The lowest BCUT2D eigenvalue weighted by Gasteiger charge is -2.13.